The summed E-state index contributed by atoms with van der Waals surface area (Å²) >= 11 is 0. The van der Waals surface area contributed by atoms with Gasteiger partial charge in [0.05, 0.1) is 12.3 Å². The summed E-state index contributed by atoms with van der Waals surface area (Å²) in [6.45, 7) is 5.72. The molecule has 0 fully saturated rings. The van der Waals surface area contributed by atoms with Crippen LogP contribution in [0.2, 0.25) is 0 Å². The Hall–Kier alpha value is -3.02. The summed E-state index contributed by atoms with van der Waals surface area (Å²) in [5, 5.41) is 2.79. The van der Waals surface area contributed by atoms with Crippen LogP contribution in [0, 0.1) is 0 Å². The highest BCUT2D eigenvalue weighted by atomic mass is 16.6. The van der Waals surface area contributed by atoms with Gasteiger partial charge in [0, 0.05) is 13.5 Å². The first-order valence-corrected chi connectivity index (χ1v) is 9.24. The highest BCUT2D eigenvalue weighted by Crippen LogP contribution is 2.24. The number of rotatable bonds is 7. The third-order valence-electron chi connectivity index (χ3n) is 3.74. The molecule has 0 aromatic heterocycles. The van der Waals surface area contributed by atoms with Gasteiger partial charge in [0.1, 0.15) is 17.9 Å². The predicted molar refractivity (Wildman–Crippen MR) is 110 cm³/mol. The Kier molecular flexibility index (Phi) is 7.44. The fourth-order valence-electron chi connectivity index (χ4n) is 2.43. The second-order valence-electron chi connectivity index (χ2n) is 7.46. The number of benzene rings is 2. The first-order valence-electron chi connectivity index (χ1n) is 9.24. The lowest BCUT2D eigenvalue weighted by atomic mass is 10.2. The average Bonchev–Trinajstić information content (AvgIpc) is 2.62. The molecule has 2 amide bonds. The molecule has 0 saturated carbocycles. The summed E-state index contributed by atoms with van der Waals surface area (Å²) in [4.78, 5) is 25.5. The molecule has 1 N–H and O–H groups in total. The predicted octanol–water partition coefficient (Wildman–Crippen LogP) is 4.11. The molecule has 2 aromatic rings. The minimum atomic E-state index is -0.610. The third kappa shape index (κ3) is 7.31. The second kappa shape index (κ2) is 9.78. The van der Waals surface area contributed by atoms with Crippen LogP contribution in [0.5, 0.6) is 5.75 Å². The molecule has 28 heavy (non-hydrogen) atoms. The second-order valence-corrected chi connectivity index (χ2v) is 7.46. The first kappa shape index (κ1) is 21.3. The van der Waals surface area contributed by atoms with Gasteiger partial charge in [-0.05, 0) is 38.5 Å². The Bertz CT molecular complexity index is 785. The quantitative estimate of drug-likeness (QED) is 0.780. The molecule has 2 rings (SSSR count). The maximum absolute atomic E-state index is 12.3. The van der Waals surface area contributed by atoms with Crippen molar-refractivity contribution in [2.45, 2.75) is 32.8 Å². The van der Waals surface area contributed by atoms with Gasteiger partial charge in [0.15, 0.2) is 0 Å². The monoisotopic (exact) mass is 384 g/mol. The van der Waals surface area contributed by atoms with E-state index in [1.54, 1.807) is 32.9 Å². The smallest absolute Gasteiger partial charge is 0.410 e. The molecule has 0 saturated heterocycles. The Morgan fingerprint density at radius 3 is 2.32 bits per heavy atom. The van der Waals surface area contributed by atoms with Crippen LogP contribution in [0.4, 0.5) is 10.5 Å². The topological polar surface area (TPSA) is 67.9 Å². The maximum Gasteiger partial charge on any atom is 0.410 e. The molecule has 0 atom stereocenters. The van der Waals surface area contributed by atoms with E-state index in [0.29, 0.717) is 18.0 Å². The van der Waals surface area contributed by atoms with Crippen LogP contribution < -0.4 is 10.1 Å². The number of amides is 2. The normalized spacial score (nSPS) is 10.9. The van der Waals surface area contributed by atoms with Gasteiger partial charge in [0.2, 0.25) is 5.91 Å². The largest absolute Gasteiger partial charge is 0.491 e. The molecule has 0 spiro atoms. The van der Waals surface area contributed by atoms with E-state index in [0.717, 1.165) is 6.42 Å². The zero-order valence-corrected chi connectivity index (χ0v) is 16.9. The number of para-hydroxylation sites is 2. The van der Waals surface area contributed by atoms with Gasteiger partial charge in [-0.25, -0.2) is 4.79 Å². The number of nitrogens with zero attached hydrogens (tertiary/aromatic N) is 1. The molecule has 6 heteroatoms. The first-order chi connectivity index (χ1) is 13.2. The zero-order chi connectivity index (χ0) is 20.6. The number of carbonyl (C=O) groups is 2. The highest BCUT2D eigenvalue weighted by molar-refractivity contribution is 5.95. The Labute approximate surface area is 166 Å². The van der Waals surface area contributed by atoms with Gasteiger partial charge in [-0.15, -0.1) is 0 Å². The number of anilines is 1. The van der Waals surface area contributed by atoms with Crippen LogP contribution in [0.3, 0.4) is 0 Å². The van der Waals surface area contributed by atoms with E-state index in [9.17, 15) is 9.59 Å². The van der Waals surface area contributed by atoms with Gasteiger partial charge in [0.25, 0.3) is 0 Å². The lowest BCUT2D eigenvalue weighted by Gasteiger charge is -2.24. The zero-order valence-electron chi connectivity index (χ0n) is 16.9. The van der Waals surface area contributed by atoms with E-state index in [4.69, 9.17) is 9.47 Å². The molecule has 0 heterocycles. The van der Waals surface area contributed by atoms with E-state index < -0.39 is 11.7 Å². The lowest BCUT2D eigenvalue weighted by molar-refractivity contribution is -0.117. The number of hydrogen-bond acceptors (Lipinski definition) is 4. The molecule has 0 unspecified atom stereocenters. The van der Waals surface area contributed by atoms with Crippen molar-refractivity contribution in [3.8, 4) is 5.75 Å². The summed E-state index contributed by atoms with van der Waals surface area (Å²) in [6.07, 6.45) is 0.222. The van der Waals surface area contributed by atoms with E-state index >= 15 is 0 Å². The van der Waals surface area contributed by atoms with Crippen molar-refractivity contribution in [1.82, 2.24) is 4.90 Å². The number of carbonyl (C=O) groups excluding carboxylic acids is 2. The van der Waals surface area contributed by atoms with Crippen LogP contribution in [-0.2, 0) is 16.0 Å². The summed E-state index contributed by atoms with van der Waals surface area (Å²) < 4.78 is 11.1. The van der Waals surface area contributed by atoms with Crippen LogP contribution in [0.1, 0.15) is 26.3 Å². The SMILES string of the molecule is CN(CC(=O)Nc1ccccc1OCCc1ccccc1)C(=O)OC(C)(C)C. The summed E-state index contributed by atoms with van der Waals surface area (Å²) in [6, 6.07) is 17.3. The van der Waals surface area contributed by atoms with Crippen molar-refractivity contribution in [3.05, 3.63) is 60.2 Å². The lowest BCUT2D eigenvalue weighted by Crippen LogP contribution is -2.38. The summed E-state index contributed by atoms with van der Waals surface area (Å²) in [5.74, 6) is 0.263. The number of likely N-dealkylation sites (N-methyl/N-ethyl adjacent to an activating group) is 1. The van der Waals surface area contributed by atoms with Gasteiger partial charge in [-0.3, -0.25) is 4.79 Å². The number of ether oxygens (including phenoxy) is 2. The molecule has 0 radical (unpaired) electrons. The molecule has 150 valence electrons. The molecule has 0 bridgehead atoms. The highest BCUT2D eigenvalue weighted by Gasteiger charge is 2.21. The fraction of sp³-hybridized carbons (Fsp3) is 0.364. The molecule has 0 aliphatic rings. The van der Waals surface area contributed by atoms with Crippen molar-refractivity contribution in [2.75, 3.05) is 25.5 Å². The summed E-state index contributed by atoms with van der Waals surface area (Å²) in [5.41, 5.74) is 1.14. The minimum Gasteiger partial charge on any atom is -0.491 e. The van der Waals surface area contributed by atoms with E-state index in [2.05, 4.69) is 5.32 Å². The van der Waals surface area contributed by atoms with Crippen LogP contribution >= 0.6 is 0 Å². The van der Waals surface area contributed by atoms with E-state index in [1.807, 2.05) is 42.5 Å². The fourth-order valence-corrected chi connectivity index (χ4v) is 2.43. The molecule has 2 aromatic carbocycles. The Morgan fingerprint density at radius 2 is 1.64 bits per heavy atom. The van der Waals surface area contributed by atoms with Gasteiger partial charge in [-0.2, -0.15) is 0 Å². The van der Waals surface area contributed by atoms with Crippen molar-refractivity contribution in [2.24, 2.45) is 0 Å². The van der Waals surface area contributed by atoms with Crippen molar-refractivity contribution >= 4 is 17.7 Å². The Morgan fingerprint density at radius 1 is 1.00 bits per heavy atom. The summed E-state index contributed by atoms with van der Waals surface area (Å²) in [7, 11) is 1.52. The van der Waals surface area contributed by atoms with Crippen LogP contribution in [0.15, 0.2) is 54.6 Å². The molecular weight excluding hydrogens is 356 g/mol. The average molecular weight is 384 g/mol. The van der Waals surface area contributed by atoms with Gasteiger partial charge < -0.3 is 19.7 Å². The number of hydrogen-bond donors (Lipinski definition) is 1. The molecule has 0 aliphatic heterocycles. The molecule has 6 nitrogen and oxygen atoms in total. The maximum atomic E-state index is 12.3. The third-order valence-corrected chi connectivity index (χ3v) is 3.74. The van der Waals surface area contributed by atoms with Crippen molar-refractivity contribution in [1.29, 1.82) is 0 Å². The number of nitrogens with one attached hydrogen (secondary N) is 1. The van der Waals surface area contributed by atoms with E-state index in [1.165, 1.54) is 17.5 Å². The van der Waals surface area contributed by atoms with Crippen molar-refractivity contribution < 1.29 is 19.1 Å². The van der Waals surface area contributed by atoms with Gasteiger partial charge in [-0.1, -0.05) is 42.5 Å². The van der Waals surface area contributed by atoms with Crippen LogP contribution in [0.25, 0.3) is 0 Å². The molecular formula is C22H28N2O4. The Balaban J connectivity index is 1.89. The van der Waals surface area contributed by atoms with Crippen molar-refractivity contribution in [3.63, 3.8) is 0 Å². The minimum absolute atomic E-state index is 0.118. The van der Waals surface area contributed by atoms with E-state index in [-0.39, 0.29) is 12.5 Å². The standard InChI is InChI=1S/C22H28N2O4/c1-22(2,3)28-21(26)24(4)16-20(25)23-18-12-8-9-13-19(18)27-15-14-17-10-6-5-7-11-17/h5-13H,14-16H2,1-4H3,(H,23,25). The van der Waals surface area contributed by atoms with Gasteiger partial charge >= 0.3 is 6.09 Å². The molecule has 0 aliphatic carbocycles. The van der Waals surface area contributed by atoms with Crippen LogP contribution in [-0.4, -0.2) is 42.7 Å².